The van der Waals surface area contributed by atoms with E-state index in [-0.39, 0.29) is 12.2 Å². The molecule has 1 aliphatic carbocycles. The van der Waals surface area contributed by atoms with Gasteiger partial charge in [0, 0.05) is 18.8 Å². The van der Waals surface area contributed by atoms with Crippen LogP contribution in [0.1, 0.15) is 19.3 Å². The molecule has 8 heteroatoms. The van der Waals surface area contributed by atoms with E-state index in [4.69, 9.17) is 9.47 Å². The molecular formula is C21H23N5O3. The summed E-state index contributed by atoms with van der Waals surface area (Å²) >= 11 is 0. The molecule has 0 N–H and O–H groups in total. The maximum atomic E-state index is 12.6. The summed E-state index contributed by atoms with van der Waals surface area (Å²) in [4.78, 5) is 24.1. The maximum absolute atomic E-state index is 12.6. The van der Waals surface area contributed by atoms with Crippen molar-refractivity contribution in [3.63, 3.8) is 0 Å². The zero-order chi connectivity index (χ0) is 19.6. The van der Waals surface area contributed by atoms with Crippen molar-refractivity contribution >= 4 is 28.4 Å². The third-order valence-electron chi connectivity index (χ3n) is 5.38. The highest BCUT2D eigenvalue weighted by atomic mass is 16.5. The Morgan fingerprint density at radius 2 is 2.14 bits per heavy atom. The Hall–Kier alpha value is -3.00. The van der Waals surface area contributed by atoms with Crippen LogP contribution in [-0.2, 0) is 9.53 Å². The van der Waals surface area contributed by atoms with E-state index in [0.29, 0.717) is 48.5 Å². The van der Waals surface area contributed by atoms with E-state index in [1.807, 2.05) is 24.4 Å². The summed E-state index contributed by atoms with van der Waals surface area (Å²) in [5.74, 6) is 1.01. The van der Waals surface area contributed by atoms with Crippen molar-refractivity contribution in [3.05, 3.63) is 36.2 Å². The van der Waals surface area contributed by atoms with Crippen LogP contribution >= 0.6 is 0 Å². The smallest absolute Gasteiger partial charge is 0.260 e. The number of nitrogens with zero attached hydrogens (tertiary/aromatic N) is 5. The van der Waals surface area contributed by atoms with Crippen molar-refractivity contribution in [2.24, 2.45) is 9.98 Å². The average Bonchev–Trinajstić information content (AvgIpc) is 3.37. The van der Waals surface area contributed by atoms with E-state index in [2.05, 4.69) is 20.0 Å². The lowest BCUT2D eigenvalue weighted by molar-refractivity contribution is -0.112. The van der Waals surface area contributed by atoms with Crippen LogP contribution in [0.5, 0.6) is 5.88 Å². The van der Waals surface area contributed by atoms with Gasteiger partial charge in [0.1, 0.15) is 24.7 Å². The molecule has 2 aliphatic heterocycles. The van der Waals surface area contributed by atoms with Crippen LogP contribution in [0.4, 0.5) is 5.69 Å². The fourth-order valence-corrected chi connectivity index (χ4v) is 3.87. The van der Waals surface area contributed by atoms with Gasteiger partial charge in [0.2, 0.25) is 0 Å². The first-order chi connectivity index (χ1) is 14.3. The summed E-state index contributed by atoms with van der Waals surface area (Å²) in [6, 6.07) is 5.74. The van der Waals surface area contributed by atoms with Gasteiger partial charge in [-0.3, -0.25) is 14.7 Å². The minimum absolute atomic E-state index is 0.0729. The number of allylic oxidation sites excluding steroid dienone is 2. The van der Waals surface area contributed by atoms with Crippen LogP contribution in [0.3, 0.4) is 0 Å². The molecule has 0 spiro atoms. The molecule has 0 bridgehead atoms. The van der Waals surface area contributed by atoms with Gasteiger partial charge in [-0.2, -0.15) is 0 Å². The number of pyridine rings is 1. The molecular weight excluding hydrogens is 370 g/mol. The van der Waals surface area contributed by atoms with E-state index in [1.165, 1.54) is 12.8 Å². The van der Waals surface area contributed by atoms with Gasteiger partial charge in [0.25, 0.3) is 5.88 Å². The van der Waals surface area contributed by atoms with Gasteiger partial charge in [-0.05, 0) is 38.1 Å². The molecule has 0 unspecified atom stereocenters. The van der Waals surface area contributed by atoms with Crippen molar-refractivity contribution in [2.75, 3.05) is 39.4 Å². The number of hydrogen-bond acceptors (Lipinski definition) is 7. The average molecular weight is 393 g/mol. The number of likely N-dealkylation sites (tertiary alicyclic amines) is 1. The number of fused-ring (bicyclic) bond motifs is 2. The minimum atomic E-state index is -0.0729. The predicted octanol–water partition coefficient (Wildman–Crippen LogP) is 2.21. The molecule has 0 amide bonds. The molecule has 4 heterocycles. The highest BCUT2D eigenvalue weighted by Gasteiger charge is 2.27. The van der Waals surface area contributed by atoms with Gasteiger partial charge in [-0.25, -0.2) is 9.51 Å². The Bertz CT molecular complexity index is 1030. The third-order valence-corrected chi connectivity index (χ3v) is 5.38. The fraction of sp³-hybridized carbons (Fsp3) is 0.429. The molecule has 0 radical (unpaired) electrons. The standard InChI is InChI=1S/C21H23N5O3/c27-18-13-16-19(28-11-6-22-16)14-15(18)23-20-17-5-1-2-9-26(17)24-21(20)29-12-10-25-7-3-4-8-25/h1-2,5,9,14H,3-4,6-8,10-13H2. The molecule has 0 atom stereocenters. The third kappa shape index (κ3) is 3.67. The quantitative estimate of drug-likeness (QED) is 0.778. The van der Waals surface area contributed by atoms with Crippen molar-refractivity contribution in [2.45, 2.75) is 19.3 Å². The first-order valence-corrected chi connectivity index (χ1v) is 10.1. The van der Waals surface area contributed by atoms with Crippen molar-refractivity contribution in [3.8, 4) is 5.88 Å². The lowest BCUT2D eigenvalue weighted by Crippen LogP contribution is -2.28. The molecule has 1 saturated heterocycles. The largest absolute Gasteiger partial charge is 0.490 e. The van der Waals surface area contributed by atoms with Crippen LogP contribution in [0.25, 0.3) is 5.52 Å². The highest BCUT2D eigenvalue weighted by Crippen LogP contribution is 2.33. The Kier molecular flexibility index (Phi) is 4.85. The van der Waals surface area contributed by atoms with E-state index in [9.17, 15) is 4.79 Å². The number of aromatic nitrogens is 2. The molecule has 3 aliphatic rings. The minimum Gasteiger partial charge on any atom is -0.490 e. The molecule has 0 aromatic carbocycles. The van der Waals surface area contributed by atoms with Gasteiger partial charge < -0.3 is 9.47 Å². The first-order valence-electron chi connectivity index (χ1n) is 10.1. The van der Waals surface area contributed by atoms with Crippen LogP contribution in [0.2, 0.25) is 0 Å². The van der Waals surface area contributed by atoms with E-state index in [0.717, 1.165) is 25.2 Å². The zero-order valence-corrected chi connectivity index (χ0v) is 16.2. The monoisotopic (exact) mass is 393 g/mol. The number of aliphatic imine (C=N–C) groups is 2. The molecule has 2 aromatic rings. The SMILES string of the molecule is O=C1CC2=NCCOC2=CC1=Nc1c(OCCN2CCCC2)nn2ccccc12. The van der Waals surface area contributed by atoms with Crippen LogP contribution in [0.15, 0.2) is 46.2 Å². The summed E-state index contributed by atoms with van der Waals surface area (Å²) in [6.07, 6.45) is 6.25. The molecule has 5 rings (SSSR count). The normalized spacial score (nSPS) is 21.1. The number of ketones is 1. The van der Waals surface area contributed by atoms with Crippen molar-refractivity contribution in [1.82, 2.24) is 14.5 Å². The molecule has 1 fully saturated rings. The topological polar surface area (TPSA) is 80.8 Å². The van der Waals surface area contributed by atoms with E-state index >= 15 is 0 Å². The molecule has 8 nitrogen and oxygen atoms in total. The molecule has 29 heavy (non-hydrogen) atoms. The van der Waals surface area contributed by atoms with E-state index < -0.39 is 0 Å². The summed E-state index contributed by atoms with van der Waals surface area (Å²) < 4.78 is 13.4. The van der Waals surface area contributed by atoms with Gasteiger partial charge in [0.05, 0.1) is 24.2 Å². The zero-order valence-electron chi connectivity index (χ0n) is 16.2. The van der Waals surface area contributed by atoms with Crippen LogP contribution < -0.4 is 4.74 Å². The number of carbonyl (C=O) groups excluding carboxylic acids is 1. The summed E-state index contributed by atoms with van der Waals surface area (Å²) in [5, 5.41) is 4.53. The second-order valence-electron chi connectivity index (χ2n) is 7.36. The predicted molar refractivity (Wildman–Crippen MR) is 109 cm³/mol. The summed E-state index contributed by atoms with van der Waals surface area (Å²) in [6.45, 7) is 4.76. The van der Waals surface area contributed by atoms with E-state index in [1.54, 1.807) is 10.6 Å². The fourth-order valence-electron chi connectivity index (χ4n) is 3.87. The Morgan fingerprint density at radius 3 is 3.03 bits per heavy atom. The van der Waals surface area contributed by atoms with Gasteiger partial charge in [-0.15, -0.1) is 5.10 Å². The second-order valence-corrected chi connectivity index (χ2v) is 7.36. The Labute approximate surface area is 168 Å². The van der Waals surface area contributed by atoms with Gasteiger partial charge in [0.15, 0.2) is 11.5 Å². The molecule has 2 aromatic heterocycles. The molecule has 0 saturated carbocycles. The second kappa shape index (κ2) is 7.79. The highest BCUT2D eigenvalue weighted by molar-refractivity contribution is 6.50. The van der Waals surface area contributed by atoms with Gasteiger partial charge >= 0.3 is 0 Å². The number of ether oxygens (including phenoxy) is 2. The summed E-state index contributed by atoms with van der Waals surface area (Å²) in [7, 11) is 0. The number of carbonyl (C=O) groups is 1. The lowest BCUT2D eigenvalue weighted by Gasteiger charge is -2.20. The number of rotatable bonds is 5. The van der Waals surface area contributed by atoms with Gasteiger partial charge in [-0.1, -0.05) is 6.07 Å². The number of hydrogen-bond donors (Lipinski definition) is 0. The Morgan fingerprint density at radius 1 is 1.24 bits per heavy atom. The number of Topliss-reactive ketones (excluding diaryl/α,β-unsaturated/α-hetero) is 1. The van der Waals surface area contributed by atoms with Crippen molar-refractivity contribution in [1.29, 1.82) is 0 Å². The maximum Gasteiger partial charge on any atom is 0.260 e. The lowest BCUT2D eigenvalue weighted by atomic mass is 10.00. The molecule has 150 valence electrons. The van der Waals surface area contributed by atoms with Crippen LogP contribution in [0, 0.1) is 0 Å². The summed E-state index contributed by atoms with van der Waals surface area (Å²) in [5.41, 5.74) is 2.43. The first kappa shape index (κ1) is 18.1. The Balaban J connectivity index is 1.46. The van der Waals surface area contributed by atoms with Crippen molar-refractivity contribution < 1.29 is 14.3 Å². The van der Waals surface area contributed by atoms with Crippen LogP contribution in [-0.4, -0.2) is 71.1 Å².